The summed E-state index contributed by atoms with van der Waals surface area (Å²) in [5.74, 6) is 0. The van der Waals surface area contributed by atoms with Crippen molar-refractivity contribution in [3.63, 3.8) is 0 Å². The third kappa shape index (κ3) is 2.45. The molecule has 1 atom stereocenters. The summed E-state index contributed by atoms with van der Waals surface area (Å²) in [5, 5.41) is 3.87. The highest BCUT2D eigenvalue weighted by Crippen LogP contribution is 2.31. The van der Waals surface area contributed by atoms with Crippen molar-refractivity contribution < 1.29 is 8.42 Å². The molecule has 1 saturated heterocycles. The van der Waals surface area contributed by atoms with E-state index < -0.39 is 10.0 Å². The van der Waals surface area contributed by atoms with Crippen LogP contribution in [0.1, 0.15) is 23.5 Å². The Hall–Kier alpha value is -0.500. The average Bonchev–Trinajstić information content (AvgIpc) is 2.86. The molecule has 18 heavy (non-hydrogen) atoms. The van der Waals surface area contributed by atoms with E-state index in [1.54, 1.807) is 11.2 Å². The summed E-state index contributed by atoms with van der Waals surface area (Å²) in [5.41, 5.74) is 0.618. The van der Waals surface area contributed by atoms with Crippen LogP contribution >= 0.6 is 11.3 Å². The molecular weight excluding hydrogens is 270 g/mol. The van der Waals surface area contributed by atoms with Gasteiger partial charge >= 0.3 is 0 Å². The van der Waals surface area contributed by atoms with E-state index in [-0.39, 0.29) is 6.04 Å². The second-order valence-electron chi connectivity index (χ2n) is 4.58. The number of aromatic nitrogens is 1. The summed E-state index contributed by atoms with van der Waals surface area (Å²) in [7, 11) is -1.52. The van der Waals surface area contributed by atoms with E-state index in [1.807, 2.05) is 14.0 Å². The maximum atomic E-state index is 12.6. The summed E-state index contributed by atoms with van der Waals surface area (Å²) in [4.78, 5) is 4.22. The van der Waals surface area contributed by atoms with Crippen molar-refractivity contribution in [2.45, 2.75) is 36.9 Å². The quantitative estimate of drug-likeness (QED) is 0.902. The normalized spacial score (nSPS) is 21.6. The number of nitrogens with one attached hydrogen (secondary N) is 1. The fourth-order valence-electron chi connectivity index (χ4n) is 2.42. The molecule has 102 valence electrons. The first-order valence-corrected chi connectivity index (χ1v) is 8.33. The van der Waals surface area contributed by atoms with Gasteiger partial charge in [-0.05, 0) is 33.7 Å². The standard InChI is InChI=1S/C11H19N3O2S2/c1-8-11(17-9(2)13-8)18(15,16)14-6-4-5-10(14)7-12-3/h10,12H,4-7H2,1-3H3/t10-/m1/s1. The minimum atomic E-state index is -3.37. The number of hydrogen-bond donors (Lipinski definition) is 1. The predicted octanol–water partition coefficient (Wildman–Crippen LogP) is 1.13. The van der Waals surface area contributed by atoms with Crippen molar-refractivity contribution in [3.8, 4) is 0 Å². The molecule has 1 N–H and O–H groups in total. The molecular formula is C11H19N3O2S2. The number of nitrogens with zero attached hydrogens (tertiary/aromatic N) is 2. The largest absolute Gasteiger partial charge is 0.318 e. The zero-order valence-corrected chi connectivity index (χ0v) is 12.6. The minimum Gasteiger partial charge on any atom is -0.318 e. The van der Waals surface area contributed by atoms with Crippen LogP contribution in [-0.2, 0) is 10.0 Å². The molecule has 5 nitrogen and oxygen atoms in total. The molecule has 7 heteroatoms. The second kappa shape index (κ2) is 5.24. The van der Waals surface area contributed by atoms with Crippen LogP contribution in [0.2, 0.25) is 0 Å². The third-order valence-corrected chi connectivity index (χ3v) is 6.78. The van der Waals surface area contributed by atoms with Gasteiger partial charge in [0.05, 0.1) is 10.7 Å². The highest BCUT2D eigenvalue weighted by atomic mass is 32.2. The van der Waals surface area contributed by atoms with Crippen LogP contribution in [0, 0.1) is 13.8 Å². The number of thiazole rings is 1. The van der Waals surface area contributed by atoms with Crippen molar-refractivity contribution in [1.29, 1.82) is 0 Å². The van der Waals surface area contributed by atoms with E-state index >= 15 is 0 Å². The molecule has 0 radical (unpaired) electrons. The van der Waals surface area contributed by atoms with Gasteiger partial charge in [0.2, 0.25) is 0 Å². The average molecular weight is 289 g/mol. The Bertz CT molecular complexity index is 524. The molecule has 0 bridgehead atoms. The van der Waals surface area contributed by atoms with Gasteiger partial charge in [0.15, 0.2) is 4.21 Å². The Kier molecular flexibility index (Phi) is 4.05. The molecule has 0 spiro atoms. The van der Waals surface area contributed by atoms with Crippen LogP contribution in [0.5, 0.6) is 0 Å². The molecule has 1 aromatic rings. The van der Waals surface area contributed by atoms with Crippen molar-refractivity contribution >= 4 is 21.4 Å². The SMILES string of the molecule is CNC[C@H]1CCCN1S(=O)(=O)c1sc(C)nc1C. The number of rotatable bonds is 4. The van der Waals surface area contributed by atoms with Crippen LogP contribution in [-0.4, -0.2) is 43.9 Å². The summed E-state index contributed by atoms with van der Waals surface area (Å²) in [6.45, 7) is 4.92. The highest BCUT2D eigenvalue weighted by molar-refractivity contribution is 7.91. The van der Waals surface area contributed by atoms with Crippen LogP contribution < -0.4 is 5.32 Å². The van der Waals surface area contributed by atoms with Gasteiger partial charge in [-0.15, -0.1) is 11.3 Å². The summed E-state index contributed by atoms with van der Waals surface area (Å²) in [6, 6.07) is 0.0711. The van der Waals surface area contributed by atoms with Gasteiger partial charge in [0.1, 0.15) is 0 Å². The molecule has 0 unspecified atom stereocenters. The monoisotopic (exact) mass is 289 g/mol. The van der Waals surface area contributed by atoms with E-state index in [9.17, 15) is 8.42 Å². The number of aryl methyl sites for hydroxylation is 2. The van der Waals surface area contributed by atoms with Crippen LogP contribution in [0.25, 0.3) is 0 Å². The lowest BCUT2D eigenvalue weighted by atomic mass is 10.2. The maximum Gasteiger partial charge on any atom is 0.254 e. The molecule has 0 aliphatic carbocycles. The Morgan fingerprint density at radius 1 is 1.50 bits per heavy atom. The smallest absolute Gasteiger partial charge is 0.254 e. The summed E-state index contributed by atoms with van der Waals surface area (Å²) < 4.78 is 27.3. The maximum absolute atomic E-state index is 12.6. The minimum absolute atomic E-state index is 0.0711. The van der Waals surface area contributed by atoms with Crippen molar-refractivity contribution in [2.24, 2.45) is 0 Å². The van der Waals surface area contributed by atoms with E-state index in [2.05, 4.69) is 10.3 Å². The van der Waals surface area contributed by atoms with E-state index in [0.717, 1.165) is 17.8 Å². The predicted molar refractivity (Wildman–Crippen MR) is 72.4 cm³/mol. The zero-order valence-electron chi connectivity index (χ0n) is 10.9. The van der Waals surface area contributed by atoms with Crippen molar-refractivity contribution in [3.05, 3.63) is 10.7 Å². The Morgan fingerprint density at radius 2 is 2.22 bits per heavy atom. The fraction of sp³-hybridized carbons (Fsp3) is 0.727. The fourth-order valence-corrected chi connectivity index (χ4v) is 5.71. The lowest BCUT2D eigenvalue weighted by Gasteiger charge is -2.23. The molecule has 1 aromatic heterocycles. The summed E-state index contributed by atoms with van der Waals surface area (Å²) >= 11 is 1.27. The number of hydrogen-bond acceptors (Lipinski definition) is 5. The highest BCUT2D eigenvalue weighted by Gasteiger charge is 2.36. The van der Waals surface area contributed by atoms with Crippen molar-refractivity contribution in [2.75, 3.05) is 20.1 Å². The molecule has 1 aliphatic rings. The number of likely N-dealkylation sites (N-methyl/N-ethyl adjacent to an activating group) is 1. The van der Waals surface area contributed by atoms with Gasteiger partial charge < -0.3 is 5.32 Å². The topological polar surface area (TPSA) is 62.3 Å². The van der Waals surface area contributed by atoms with Gasteiger partial charge in [-0.1, -0.05) is 0 Å². The third-order valence-electron chi connectivity index (χ3n) is 3.17. The Balaban J connectivity index is 2.33. The van der Waals surface area contributed by atoms with Crippen LogP contribution in [0.15, 0.2) is 4.21 Å². The first-order valence-electron chi connectivity index (χ1n) is 6.07. The van der Waals surface area contributed by atoms with Gasteiger partial charge in [-0.3, -0.25) is 0 Å². The van der Waals surface area contributed by atoms with E-state index in [0.29, 0.717) is 23.0 Å². The number of sulfonamides is 1. The molecule has 0 aromatic carbocycles. The molecule has 1 fully saturated rings. The van der Waals surface area contributed by atoms with E-state index in [4.69, 9.17) is 0 Å². The van der Waals surface area contributed by atoms with Crippen LogP contribution in [0.3, 0.4) is 0 Å². The van der Waals surface area contributed by atoms with Gasteiger partial charge in [-0.25, -0.2) is 13.4 Å². The first kappa shape index (κ1) is 13.9. The molecule has 0 amide bonds. The first-order chi connectivity index (χ1) is 8.46. The molecule has 2 rings (SSSR count). The molecule has 1 aliphatic heterocycles. The Morgan fingerprint density at radius 3 is 2.78 bits per heavy atom. The lowest BCUT2D eigenvalue weighted by Crippen LogP contribution is -2.40. The van der Waals surface area contributed by atoms with Crippen molar-refractivity contribution in [1.82, 2.24) is 14.6 Å². The zero-order chi connectivity index (χ0) is 13.3. The van der Waals surface area contributed by atoms with Crippen LogP contribution in [0.4, 0.5) is 0 Å². The van der Waals surface area contributed by atoms with Gasteiger partial charge in [0.25, 0.3) is 10.0 Å². The van der Waals surface area contributed by atoms with Gasteiger partial charge in [0, 0.05) is 19.1 Å². The van der Waals surface area contributed by atoms with E-state index in [1.165, 1.54) is 11.3 Å². The molecule has 0 saturated carbocycles. The van der Waals surface area contributed by atoms with Gasteiger partial charge in [-0.2, -0.15) is 4.31 Å². The lowest BCUT2D eigenvalue weighted by molar-refractivity contribution is 0.380. The second-order valence-corrected chi connectivity index (χ2v) is 7.86. The Labute approximate surface area is 112 Å². The molecule has 2 heterocycles. The summed E-state index contributed by atoms with van der Waals surface area (Å²) in [6.07, 6.45) is 1.86.